The molecule has 114 valence electrons. The number of carboxylic acids is 1. The molecule has 1 fully saturated rings. The van der Waals surface area contributed by atoms with Crippen LogP contribution in [0.25, 0.3) is 0 Å². The summed E-state index contributed by atoms with van der Waals surface area (Å²) >= 11 is 0. The highest BCUT2D eigenvalue weighted by atomic mass is 16.5. The zero-order chi connectivity index (χ0) is 15.0. The average molecular weight is 286 g/mol. The van der Waals surface area contributed by atoms with E-state index in [-0.39, 0.29) is 30.8 Å². The van der Waals surface area contributed by atoms with Crippen LogP contribution in [-0.2, 0) is 14.3 Å². The van der Waals surface area contributed by atoms with Crippen LogP contribution < -0.4 is 10.6 Å². The van der Waals surface area contributed by atoms with Gasteiger partial charge in [0.1, 0.15) is 0 Å². The molecule has 7 heteroatoms. The fraction of sp³-hybridized carbons (Fsp3) is 0.769. The van der Waals surface area contributed by atoms with Gasteiger partial charge in [-0.25, -0.2) is 4.79 Å². The van der Waals surface area contributed by atoms with Crippen LogP contribution in [0.4, 0.5) is 4.79 Å². The van der Waals surface area contributed by atoms with Crippen LogP contribution in [0.15, 0.2) is 0 Å². The fourth-order valence-corrected chi connectivity index (χ4v) is 2.06. The zero-order valence-electron chi connectivity index (χ0n) is 11.7. The Hall–Kier alpha value is -1.63. The zero-order valence-corrected chi connectivity index (χ0v) is 11.7. The summed E-state index contributed by atoms with van der Waals surface area (Å²) in [6.45, 7) is 3.15. The normalized spacial score (nSPS) is 21.4. The third kappa shape index (κ3) is 6.51. The number of unbranched alkanes of at least 4 members (excludes halogenated alkanes) is 1. The molecule has 0 bridgehead atoms. The molecule has 1 heterocycles. The highest BCUT2D eigenvalue weighted by Gasteiger charge is 2.24. The summed E-state index contributed by atoms with van der Waals surface area (Å²) in [5.41, 5.74) is 0. The van der Waals surface area contributed by atoms with Crippen molar-refractivity contribution >= 4 is 17.9 Å². The van der Waals surface area contributed by atoms with Crippen molar-refractivity contribution in [2.45, 2.75) is 45.1 Å². The number of hydrogen-bond donors (Lipinski definition) is 3. The van der Waals surface area contributed by atoms with Crippen molar-refractivity contribution in [1.29, 1.82) is 0 Å². The number of amides is 3. The minimum Gasteiger partial charge on any atom is -0.481 e. The summed E-state index contributed by atoms with van der Waals surface area (Å²) in [6, 6.07) is -0.507. The molecule has 1 aliphatic heterocycles. The Morgan fingerprint density at radius 3 is 2.55 bits per heavy atom. The number of carboxylic acid groups (broad SMARTS) is 1. The lowest BCUT2D eigenvalue weighted by Gasteiger charge is -2.14. The van der Waals surface area contributed by atoms with Gasteiger partial charge < -0.3 is 15.2 Å². The van der Waals surface area contributed by atoms with Gasteiger partial charge in [0.2, 0.25) is 5.91 Å². The second kappa shape index (κ2) is 8.52. The molecule has 0 aliphatic carbocycles. The van der Waals surface area contributed by atoms with Gasteiger partial charge in [0, 0.05) is 31.9 Å². The van der Waals surface area contributed by atoms with E-state index in [1.54, 1.807) is 0 Å². The van der Waals surface area contributed by atoms with Crippen molar-refractivity contribution in [3.63, 3.8) is 0 Å². The van der Waals surface area contributed by atoms with Crippen LogP contribution in [0.3, 0.4) is 0 Å². The van der Waals surface area contributed by atoms with Crippen LogP contribution >= 0.6 is 0 Å². The number of ether oxygens (including phenoxy) is 1. The minimum atomic E-state index is -0.879. The Morgan fingerprint density at radius 2 is 1.95 bits per heavy atom. The molecule has 2 atom stereocenters. The van der Waals surface area contributed by atoms with Crippen LogP contribution in [0.2, 0.25) is 0 Å². The van der Waals surface area contributed by atoms with E-state index < -0.39 is 12.0 Å². The monoisotopic (exact) mass is 286 g/mol. The molecule has 0 aromatic carbocycles. The fourth-order valence-electron chi connectivity index (χ4n) is 2.06. The number of urea groups is 1. The highest BCUT2D eigenvalue weighted by Crippen LogP contribution is 2.19. The number of carbonyl (C=O) groups is 3. The van der Waals surface area contributed by atoms with Gasteiger partial charge in [-0.2, -0.15) is 0 Å². The molecule has 0 radical (unpaired) electrons. The summed E-state index contributed by atoms with van der Waals surface area (Å²) in [7, 11) is 0. The van der Waals surface area contributed by atoms with Crippen LogP contribution in [0, 0.1) is 5.92 Å². The van der Waals surface area contributed by atoms with Crippen LogP contribution in [0.5, 0.6) is 0 Å². The van der Waals surface area contributed by atoms with Gasteiger partial charge in [-0.3, -0.25) is 14.9 Å². The summed E-state index contributed by atoms with van der Waals surface area (Å²) in [4.78, 5) is 33.2. The third-order valence-corrected chi connectivity index (χ3v) is 3.36. The van der Waals surface area contributed by atoms with Crippen molar-refractivity contribution < 1.29 is 24.2 Å². The van der Waals surface area contributed by atoms with Gasteiger partial charge in [-0.05, 0) is 26.2 Å². The molecule has 2 unspecified atom stereocenters. The molecule has 0 aromatic heterocycles. The number of nitrogens with one attached hydrogen (secondary N) is 2. The van der Waals surface area contributed by atoms with Crippen molar-refractivity contribution in [3.05, 3.63) is 0 Å². The van der Waals surface area contributed by atoms with Crippen molar-refractivity contribution in [3.8, 4) is 0 Å². The molecule has 7 nitrogen and oxygen atoms in total. The molecule has 3 amide bonds. The second-order valence-electron chi connectivity index (χ2n) is 4.98. The van der Waals surface area contributed by atoms with Crippen LogP contribution in [0.1, 0.15) is 39.0 Å². The van der Waals surface area contributed by atoms with E-state index >= 15 is 0 Å². The van der Waals surface area contributed by atoms with Gasteiger partial charge in [-0.15, -0.1) is 0 Å². The van der Waals surface area contributed by atoms with E-state index in [0.29, 0.717) is 26.0 Å². The lowest BCUT2D eigenvalue weighted by Crippen LogP contribution is -2.42. The highest BCUT2D eigenvalue weighted by molar-refractivity contribution is 5.94. The second-order valence-corrected chi connectivity index (χ2v) is 4.98. The van der Waals surface area contributed by atoms with Crippen molar-refractivity contribution in [2.75, 3.05) is 13.2 Å². The molecule has 20 heavy (non-hydrogen) atoms. The minimum absolute atomic E-state index is 0.0407. The molecule has 3 N–H and O–H groups in total. The number of hydrogen-bond acceptors (Lipinski definition) is 4. The van der Waals surface area contributed by atoms with Gasteiger partial charge in [-0.1, -0.05) is 0 Å². The van der Waals surface area contributed by atoms with E-state index in [2.05, 4.69) is 10.6 Å². The Kier molecular flexibility index (Phi) is 7.00. The maximum absolute atomic E-state index is 11.5. The maximum Gasteiger partial charge on any atom is 0.321 e. The third-order valence-electron chi connectivity index (χ3n) is 3.36. The summed E-state index contributed by atoms with van der Waals surface area (Å²) < 4.78 is 5.38. The predicted octanol–water partition coefficient (Wildman–Crippen LogP) is 0.882. The smallest absolute Gasteiger partial charge is 0.321 e. The Balaban J connectivity index is 2.08. The maximum atomic E-state index is 11.5. The first kappa shape index (κ1) is 16.4. The van der Waals surface area contributed by atoms with E-state index in [0.717, 1.165) is 6.42 Å². The number of rotatable bonds is 7. The van der Waals surface area contributed by atoms with Gasteiger partial charge in [0.05, 0.1) is 6.10 Å². The topological polar surface area (TPSA) is 105 Å². The number of carbonyl (C=O) groups excluding carboxylic acids is 2. The van der Waals surface area contributed by atoms with E-state index in [4.69, 9.17) is 9.84 Å². The molecule has 1 saturated heterocycles. The summed E-state index contributed by atoms with van der Waals surface area (Å²) in [5.74, 6) is -0.980. The van der Waals surface area contributed by atoms with Gasteiger partial charge in [0.25, 0.3) is 0 Å². The Morgan fingerprint density at radius 1 is 1.25 bits per heavy atom. The molecular formula is C13H22N2O5. The Bertz CT molecular complexity index is 359. The standard InChI is InChI=1S/C13H22N2O5/c1-9-10(6-7-20-9)8-14-13(19)15-11(16)4-2-3-5-12(17)18/h9-10H,2-8H2,1H3,(H,17,18)(H2,14,15,16,19). The van der Waals surface area contributed by atoms with Crippen LogP contribution in [-0.4, -0.2) is 42.3 Å². The van der Waals surface area contributed by atoms with E-state index in [1.807, 2.05) is 6.92 Å². The number of imide groups is 1. The first-order valence-electron chi connectivity index (χ1n) is 6.90. The van der Waals surface area contributed by atoms with Gasteiger partial charge in [0.15, 0.2) is 0 Å². The first-order valence-corrected chi connectivity index (χ1v) is 6.90. The average Bonchev–Trinajstić information content (AvgIpc) is 2.77. The largest absolute Gasteiger partial charge is 0.481 e. The molecule has 0 saturated carbocycles. The predicted molar refractivity (Wildman–Crippen MR) is 71.2 cm³/mol. The lowest BCUT2D eigenvalue weighted by molar-refractivity contribution is -0.137. The molecule has 0 aromatic rings. The first-order chi connectivity index (χ1) is 9.49. The quantitative estimate of drug-likeness (QED) is 0.603. The van der Waals surface area contributed by atoms with E-state index in [1.165, 1.54) is 0 Å². The van der Waals surface area contributed by atoms with E-state index in [9.17, 15) is 14.4 Å². The lowest BCUT2D eigenvalue weighted by atomic mass is 10.0. The van der Waals surface area contributed by atoms with Crippen molar-refractivity contribution in [2.24, 2.45) is 5.92 Å². The molecule has 1 rings (SSSR count). The SMILES string of the molecule is CC1OCCC1CNC(=O)NC(=O)CCCCC(=O)O. The summed E-state index contributed by atoms with van der Waals surface area (Å²) in [5, 5.41) is 13.3. The molecule has 1 aliphatic rings. The van der Waals surface area contributed by atoms with Gasteiger partial charge >= 0.3 is 12.0 Å². The summed E-state index contributed by atoms with van der Waals surface area (Å²) in [6.07, 6.45) is 2.12. The molecular weight excluding hydrogens is 264 g/mol. The van der Waals surface area contributed by atoms with Crippen molar-refractivity contribution in [1.82, 2.24) is 10.6 Å². The Labute approximate surface area is 118 Å². The molecule has 0 spiro atoms. The number of aliphatic carboxylic acids is 1.